The van der Waals surface area contributed by atoms with Crippen LogP contribution in [0.2, 0.25) is 0 Å². The lowest BCUT2D eigenvalue weighted by atomic mass is 9.99. The van der Waals surface area contributed by atoms with Gasteiger partial charge in [0.2, 0.25) is 0 Å². The summed E-state index contributed by atoms with van der Waals surface area (Å²) in [6.45, 7) is 12.2. The van der Waals surface area contributed by atoms with Crippen LogP contribution in [0.1, 0.15) is 48.0 Å². The number of hydrogen-bond donors (Lipinski definition) is 1. The SMILES string of the molecule is CCCOC(=O)C(NC(=O)OCC(C)(C)C)C(C)C. The van der Waals surface area contributed by atoms with Gasteiger partial charge in [-0.2, -0.15) is 0 Å². The highest BCUT2D eigenvalue weighted by Gasteiger charge is 2.26. The van der Waals surface area contributed by atoms with E-state index in [1.807, 2.05) is 41.5 Å². The maximum atomic E-state index is 11.8. The van der Waals surface area contributed by atoms with Crippen LogP contribution in [0.25, 0.3) is 0 Å². The van der Waals surface area contributed by atoms with Crippen molar-refractivity contribution in [2.24, 2.45) is 11.3 Å². The standard InChI is InChI=1S/C14H27NO4/c1-7-8-18-12(16)11(10(2)3)15-13(17)19-9-14(4,5)6/h10-11H,7-9H2,1-6H3,(H,15,17). The Bertz CT molecular complexity index is 294. The molecule has 0 spiro atoms. The molecule has 0 saturated carbocycles. The van der Waals surface area contributed by atoms with Crippen molar-refractivity contribution in [1.82, 2.24) is 5.32 Å². The second-order valence-corrected chi connectivity index (χ2v) is 6.17. The number of alkyl carbamates (subject to hydrolysis) is 1. The molecule has 112 valence electrons. The number of ether oxygens (including phenoxy) is 2. The molecule has 1 atom stereocenters. The number of rotatable bonds is 6. The van der Waals surface area contributed by atoms with Gasteiger partial charge < -0.3 is 14.8 Å². The smallest absolute Gasteiger partial charge is 0.407 e. The molecule has 0 aromatic heterocycles. The van der Waals surface area contributed by atoms with Crippen LogP contribution >= 0.6 is 0 Å². The molecule has 1 amide bonds. The number of esters is 1. The summed E-state index contributed by atoms with van der Waals surface area (Å²) >= 11 is 0. The van der Waals surface area contributed by atoms with E-state index >= 15 is 0 Å². The third-order valence-corrected chi connectivity index (χ3v) is 2.28. The van der Waals surface area contributed by atoms with Gasteiger partial charge in [0.25, 0.3) is 0 Å². The molecular weight excluding hydrogens is 246 g/mol. The van der Waals surface area contributed by atoms with Crippen LogP contribution < -0.4 is 5.32 Å². The zero-order chi connectivity index (χ0) is 15.1. The fraction of sp³-hybridized carbons (Fsp3) is 0.857. The van der Waals surface area contributed by atoms with Gasteiger partial charge in [-0.05, 0) is 17.8 Å². The van der Waals surface area contributed by atoms with Crippen molar-refractivity contribution in [3.05, 3.63) is 0 Å². The summed E-state index contributed by atoms with van der Waals surface area (Å²) < 4.78 is 10.1. The van der Waals surface area contributed by atoms with E-state index in [0.717, 1.165) is 6.42 Å². The number of amides is 1. The molecule has 0 saturated heterocycles. The van der Waals surface area contributed by atoms with Gasteiger partial charge in [-0.3, -0.25) is 0 Å². The van der Waals surface area contributed by atoms with Crippen molar-refractivity contribution in [1.29, 1.82) is 0 Å². The highest BCUT2D eigenvalue weighted by molar-refractivity contribution is 5.81. The molecule has 0 radical (unpaired) electrons. The van der Waals surface area contributed by atoms with Crippen LogP contribution in [0.15, 0.2) is 0 Å². The van der Waals surface area contributed by atoms with Gasteiger partial charge >= 0.3 is 12.1 Å². The molecular formula is C14H27NO4. The van der Waals surface area contributed by atoms with Crippen LogP contribution in [-0.2, 0) is 14.3 Å². The van der Waals surface area contributed by atoms with Crippen LogP contribution in [0.5, 0.6) is 0 Å². The molecule has 0 heterocycles. The van der Waals surface area contributed by atoms with Gasteiger partial charge in [0, 0.05) is 0 Å². The van der Waals surface area contributed by atoms with Crippen LogP contribution in [0.3, 0.4) is 0 Å². The molecule has 1 unspecified atom stereocenters. The van der Waals surface area contributed by atoms with Gasteiger partial charge in [-0.1, -0.05) is 41.5 Å². The third kappa shape index (κ3) is 8.46. The first-order chi connectivity index (χ1) is 8.67. The normalized spacial score (nSPS) is 13.0. The average Bonchev–Trinajstić information content (AvgIpc) is 2.29. The Morgan fingerprint density at radius 3 is 2.16 bits per heavy atom. The van der Waals surface area contributed by atoms with Crippen LogP contribution in [-0.4, -0.2) is 31.3 Å². The highest BCUT2D eigenvalue weighted by atomic mass is 16.6. The zero-order valence-corrected chi connectivity index (χ0v) is 12.9. The van der Waals surface area contributed by atoms with E-state index < -0.39 is 18.1 Å². The second-order valence-electron chi connectivity index (χ2n) is 6.17. The minimum atomic E-state index is -0.668. The summed E-state index contributed by atoms with van der Waals surface area (Å²) in [5.74, 6) is -0.462. The van der Waals surface area contributed by atoms with E-state index in [0.29, 0.717) is 13.2 Å². The van der Waals surface area contributed by atoms with Crippen LogP contribution in [0, 0.1) is 11.3 Å². The summed E-state index contributed by atoms with van der Waals surface area (Å²) in [6, 6.07) is -0.668. The molecule has 0 aliphatic rings. The molecule has 0 fully saturated rings. The van der Waals surface area contributed by atoms with E-state index in [1.165, 1.54) is 0 Å². The van der Waals surface area contributed by atoms with Crippen molar-refractivity contribution < 1.29 is 19.1 Å². The Balaban J connectivity index is 4.34. The predicted molar refractivity (Wildman–Crippen MR) is 73.8 cm³/mol. The Kier molecular flexibility index (Phi) is 7.49. The number of carbonyl (C=O) groups is 2. The maximum Gasteiger partial charge on any atom is 0.407 e. The molecule has 0 rings (SSSR count). The van der Waals surface area contributed by atoms with Crippen molar-refractivity contribution in [2.75, 3.05) is 13.2 Å². The molecule has 0 aliphatic carbocycles. The third-order valence-electron chi connectivity index (χ3n) is 2.28. The Hall–Kier alpha value is -1.26. The second kappa shape index (κ2) is 8.02. The fourth-order valence-corrected chi connectivity index (χ4v) is 1.24. The lowest BCUT2D eigenvalue weighted by Crippen LogP contribution is -2.46. The van der Waals surface area contributed by atoms with Crippen molar-refractivity contribution in [3.63, 3.8) is 0 Å². The topological polar surface area (TPSA) is 64.6 Å². The lowest BCUT2D eigenvalue weighted by molar-refractivity contribution is -0.147. The molecule has 5 nitrogen and oxygen atoms in total. The molecule has 0 bridgehead atoms. The fourth-order valence-electron chi connectivity index (χ4n) is 1.24. The first-order valence-corrected chi connectivity index (χ1v) is 6.77. The Morgan fingerprint density at radius 2 is 1.74 bits per heavy atom. The van der Waals surface area contributed by atoms with Gasteiger partial charge in [0.05, 0.1) is 13.2 Å². The quantitative estimate of drug-likeness (QED) is 0.756. The summed E-state index contributed by atoms with van der Waals surface area (Å²) in [7, 11) is 0. The molecule has 1 N–H and O–H groups in total. The van der Waals surface area contributed by atoms with E-state index in [4.69, 9.17) is 9.47 Å². The monoisotopic (exact) mass is 273 g/mol. The Morgan fingerprint density at radius 1 is 1.16 bits per heavy atom. The number of carbonyl (C=O) groups excluding carboxylic acids is 2. The molecule has 19 heavy (non-hydrogen) atoms. The molecule has 0 aliphatic heterocycles. The largest absolute Gasteiger partial charge is 0.464 e. The summed E-state index contributed by atoms with van der Waals surface area (Å²) in [6.07, 6.45) is 0.174. The first kappa shape index (κ1) is 17.7. The number of hydrogen-bond acceptors (Lipinski definition) is 4. The minimum absolute atomic E-state index is 0.0495. The minimum Gasteiger partial charge on any atom is -0.464 e. The first-order valence-electron chi connectivity index (χ1n) is 6.77. The average molecular weight is 273 g/mol. The van der Waals surface area contributed by atoms with E-state index in [-0.39, 0.29) is 11.3 Å². The molecule has 0 aromatic rings. The van der Waals surface area contributed by atoms with Gasteiger partial charge in [0.1, 0.15) is 6.04 Å². The molecule has 0 aromatic carbocycles. The van der Waals surface area contributed by atoms with E-state index in [1.54, 1.807) is 0 Å². The van der Waals surface area contributed by atoms with Gasteiger partial charge in [-0.25, -0.2) is 9.59 Å². The predicted octanol–water partition coefficient (Wildman–Crippen LogP) is 2.74. The summed E-state index contributed by atoms with van der Waals surface area (Å²) in [5.41, 5.74) is -0.104. The highest BCUT2D eigenvalue weighted by Crippen LogP contribution is 2.13. The summed E-state index contributed by atoms with van der Waals surface area (Å²) in [5, 5.41) is 2.56. The zero-order valence-electron chi connectivity index (χ0n) is 12.9. The number of nitrogens with one attached hydrogen (secondary N) is 1. The van der Waals surface area contributed by atoms with Crippen LogP contribution in [0.4, 0.5) is 4.79 Å². The summed E-state index contributed by atoms with van der Waals surface area (Å²) in [4.78, 5) is 23.4. The lowest BCUT2D eigenvalue weighted by Gasteiger charge is -2.22. The maximum absolute atomic E-state index is 11.8. The van der Waals surface area contributed by atoms with E-state index in [2.05, 4.69) is 5.32 Å². The van der Waals surface area contributed by atoms with E-state index in [9.17, 15) is 9.59 Å². The molecule has 5 heteroatoms. The van der Waals surface area contributed by atoms with Crippen molar-refractivity contribution in [2.45, 2.75) is 54.0 Å². The van der Waals surface area contributed by atoms with Crippen molar-refractivity contribution in [3.8, 4) is 0 Å². The van der Waals surface area contributed by atoms with Crippen molar-refractivity contribution >= 4 is 12.1 Å². The van der Waals surface area contributed by atoms with Gasteiger partial charge in [0.15, 0.2) is 0 Å². The Labute approximate surface area is 116 Å². The van der Waals surface area contributed by atoms with Gasteiger partial charge in [-0.15, -0.1) is 0 Å².